The summed E-state index contributed by atoms with van der Waals surface area (Å²) in [5.41, 5.74) is 3.21. The molecular weight excluding hydrogens is 415 g/mol. The summed E-state index contributed by atoms with van der Waals surface area (Å²) in [6.07, 6.45) is 0.481. The zero-order valence-electron chi connectivity index (χ0n) is 19.4. The van der Waals surface area contributed by atoms with Gasteiger partial charge in [-0.3, -0.25) is 9.59 Å². The van der Waals surface area contributed by atoms with E-state index in [0.29, 0.717) is 12.0 Å². The van der Waals surface area contributed by atoms with Gasteiger partial charge in [0.05, 0.1) is 6.42 Å². The van der Waals surface area contributed by atoms with Crippen LogP contribution in [0.3, 0.4) is 0 Å². The maximum absolute atomic E-state index is 14.6. The molecule has 1 atom stereocenters. The summed E-state index contributed by atoms with van der Waals surface area (Å²) in [4.78, 5) is 28.4. The van der Waals surface area contributed by atoms with Crippen molar-refractivity contribution in [3.63, 3.8) is 0 Å². The molecule has 3 aromatic carbocycles. The average Bonchev–Trinajstić information content (AvgIpc) is 2.79. The van der Waals surface area contributed by atoms with Crippen LogP contribution in [-0.4, -0.2) is 28.8 Å². The molecule has 172 valence electrons. The highest BCUT2D eigenvalue weighted by Gasteiger charge is 2.31. The van der Waals surface area contributed by atoms with E-state index >= 15 is 0 Å². The van der Waals surface area contributed by atoms with Gasteiger partial charge >= 0.3 is 0 Å². The van der Waals surface area contributed by atoms with E-state index in [1.165, 1.54) is 11.0 Å². The van der Waals surface area contributed by atoms with Gasteiger partial charge in [-0.25, -0.2) is 4.39 Å². The fraction of sp³-hybridized carbons (Fsp3) is 0.286. The Morgan fingerprint density at radius 1 is 0.879 bits per heavy atom. The van der Waals surface area contributed by atoms with Gasteiger partial charge < -0.3 is 10.2 Å². The Balaban J connectivity index is 1.99. The topological polar surface area (TPSA) is 49.4 Å². The van der Waals surface area contributed by atoms with Gasteiger partial charge in [0.1, 0.15) is 11.9 Å². The molecule has 0 fully saturated rings. The number of rotatable bonds is 9. The highest BCUT2D eigenvalue weighted by atomic mass is 19.1. The Morgan fingerprint density at radius 3 is 2.12 bits per heavy atom. The van der Waals surface area contributed by atoms with Gasteiger partial charge in [-0.05, 0) is 43.5 Å². The zero-order valence-corrected chi connectivity index (χ0v) is 19.4. The van der Waals surface area contributed by atoms with Crippen molar-refractivity contribution >= 4 is 11.8 Å². The maximum Gasteiger partial charge on any atom is 0.243 e. The van der Waals surface area contributed by atoms with Crippen molar-refractivity contribution in [2.75, 3.05) is 0 Å². The first-order chi connectivity index (χ1) is 15.8. The highest BCUT2D eigenvalue weighted by molar-refractivity contribution is 5.89. The maximum atomic E-state index is 14.6. The van der Waals surface area contributed by atoms with E-state index in [0.717, 1.165) is 16.7 Å². The second kappa shape index (κ2) is 11.4. The van der Waals surface area contributed by atoms with E-state index in [9.17, 15) is 14.0 Å². The van der Waals surface area contributed by atoms with Gasteiger partial charge in [0.15, 0.2) is 0 Å². The lowest BCUT2D eigenvalue weighted by atomic mass is 10.00. The average molecular weight is 447 g/mol. The molecule has 2 amide bonds. The number of aryl methyl sites for hydroxylation is 1. The van der Waals surface area contributed by atoms with Crippen LogP contribution in [0.15, 0.2) is 78.9 Å². The Labute approximate surface area is 195 Å². The molecule has 0 radical (unpaired) electrons. The molecule has 0 saturated heterocycles. The van der Waals surface area contributed by atoms with E-state index < -0.39 is 11.9 Å². The first kappa shape index (κ1) is 24.2. The quantitative estimate of drug-likeness (QED) is 0.511. The molecular formula is C28H31FN2O2. The third kappa shape index (κ3) is 6.75. The molecule has 3 aromatic rings. The second-order valence-electron chi connectivity index (χ2n) is 8.59. The Hall–Kier alpha value is -3.47. The number of halogens is 1. The fourth-order valence-corrected chi connectivity index (χ4v) is 3.82. The SMILES string of the molecule is Cc1ccccc1CC(=O)N(Cc1ccccc1F)[C@H](Cc1ccccc1)C(=O)NC(C)C. The van der Waals surface area contributed by atoms with Crippen molar-refractivity contribution < 1.29 is 14.0 Å². The van der Waals surface area contributed by atoms with Crippen molar-refractivity contribution in [3.8, 4) is 0 Å². The molecule has 0 aromatic heterocycles. The Kier molecular flexibility index (Phi) is 8.36. The van der Waals surface area contributed by atoms with Gasteiger partial charge in [0.2, 0.25) is 11.8 Å². The van der Waals surface area contributed by atoms with E-state index in [-0.39, 0.29) is 30.8 Å². The summed E-state index contributed by atoms with van der Waals surface area (Å²) in [5.74, 6) is -0.857. The second-order valence-corrected chi connectivity index (χ2v) is 8.59. The van der Waals surface area contributed by atoms with Crippen LogP contribution in [0.25, 0.3) is 0 Å². The van der Waals surface area contributed by atoms with Crippen LogP contribution in [0.5, 0.6) is 0 Å². The number of nitrogens with zero attached hydrogens (tertiary/aromatic N) is 1. The van der Waals surface area contributed by atoms with Crippen molar-refractivity contribution in [2.45, 2.75) is 52.2 Å². The number of hydrogen-bond acceptors (Lipinski definition) is 2. The van der Waals surface area contributed by atoms with Crippen LogP contribution in [0.4, 0.5) is 4.39 Å². The lowest BCUT2D eigenvalue weighted by Crippen LogP contribution is -2.52. The zero-order chi connectivity index (χ0) is 23.8. The fourth-order valence-electron chi connectivity index (χ4n) is 3.82. The Bertz CT molecular complexity index is 1080. The van der Waals surface area contributed by atoms with E-state index in [1.54, 1.807) is 18.2 Å². The summed E-state index contributed by atoms with van der Waals surface area (Å²) in [6.45, 7) is 5.73. The molecule has 0 heterocycles. The normalized spacial score (nSPS) is 11.8. The minimum atomic E-state index is -0.772. The molecule has 0 saturated carbocycles. The first-order valence-electron chi connectivity index (χ1n) is 11.3. The van der Waals surface area contributed by atoms with E-state index in [1.807, 2.05) is 75.4 Å². The monoisotopic (exact) mass is 446 g/mol. The molecule has 5 heteroatoms. The van der Waals surface area contributed by atoms with Crippen LogP contribution in [-0.2, 0) is 29.0 Å². The molecule has 0 aliphatic carbocycles. The predicted octanol–water partition coefficient (Wildman–Crippen LogP) is 4.84. The van der Waals surface area contributed by atoms with Gasteiger partial charge in [0.25, 0.3) is 0 Å². The molecule has 4 nitrogen and oxygen atoms in total. The van der Waals surface area contributed by atoms with Crippen LogP contribution < -0.4 is 5.32 Å². The largest absolute Gasteiger partial charge is 0.352 e. The van der Waals surface area contributed by atoms with Crippen molar-refractivity contribution in [2.24, 2.45) is 0 Å². The molecule has 1 N–H and O–H groups in total. The highest BCUT2D eigenvalue weighted by Crippen LogP contribution is 2.19. The Morgan fingerprint density at radius 2 is 1.48 bits per heavy atom. The third-order valence-electron chi connectivity index (χ3n) is 5.60. The molecule has 0 unspecified atom stereocenters. The van der Waals surface area contributed by atoms with Crippen LogP contribution in [0.1, 0.15) is 36.1 Å². The van der Waals surface area contributed by atoms with Gasteiger partial charge in [0, 0.05) is 24.6 Å². The van der Waals surface area contributed by atoms with Gasteiger partial charge in [-0.15, -0.1) is 0 Å². The van der Waals surface area contributed by atoms with Crippen molar-refractivity contribution in [3.05, 3.63) is 107 Å². The first-order valence-corrected chi connectivity index (χ1v) is 11.3. The molecule has 0 aliphatic rings. The van der Waals surface area contributed by atoms with E-state index in [2.05, 4.69) is 5.32 Å². The van der Waals surface area contributed by atoms with Crippen molar-refractivity contribution in [1.82, 2.24) is 10.2 Å². The molecule has 0 aliphatic heterocycles. The molecule has 3 rings (SSSR count). The summed E-state index contributed by atoms with van der Waals surface area (Å²) >= 11 is 0. The lowest BCUT2D eigenvalue weighted by molar-refractivity contribution is -0.141. The minimum Gasteiger partial charge on any atom is -0.352 e. The van der Waals surface area contributed by atoms with Crippen LogP contribution >= 0.6 is 0 Å². The van der Waals surface area contributed by atoms with Crippen molar-refractivity contribution in [1.29, 1.82) is 0 Å². The smallest absolute Gasteiger partial charge is 0.243 e. The lowest BCUT2D eigenvalue weighted by Gasteiger charge is -2.32. The number of nitrogens with one attached hydrogen (secondary N) is 1. The third-order valence-corrected chi connectivity index (χ3v) is 5.60. The van der Waals surface area contributed by atoms with Crippen LogP contribution in [0, 0.1) is 12.7 Å². The van der Waals surface area contributed by atoms with E-state index in [4.69, 9.17) is 0 Å². The van der Waals surface area contributed by atoms with Crippen LogP contribution in [0.2, 0.25) is 0 Å². The summed E-state index contributed by atoms with van der Waals surface area (Å²) in [7, 11) is 0. The standard InChI is InChI=1S/C28H31FN2O2/c1-20(2)30-28(33)26(17-22-12-5-4-6-13-22)31(19-24-15-9-10-16-25(24)29)27(32)18-23-14-8-7-11-21(23)3/h4-16,20,26H,17-19H2,1-3H3,(H,30,33)/t26-/m1/s1. The number of hydrogen-bond donors (Lipinski definition) is 1. The number of carbonyl (C=O) groups excluding carboxylic acids is 2. The number of carbonyl (C=O) groups is 2. The molecule has 0 spiro atoms. The predicted molar refractivity (Wildman–Crippen MR) is 129 cm³/mol. The summed E-state index contributed by atoms with van der Waals surface area (Å²) in [5, 5.41) is 2.95. The molecule has 0 bridgehead atoms. The molecule has 33 heavy (non-hydrogen) atoms. The van der Waals surface area contributed by atoms with Gasteiger partial charge in [-0.2, -0.15) is 0 Å². The summed E-state index contributed by atoms with van der Waals surface area (Å²) in [6, 6.07) is 22.8. The minimum absolute atomic E-state index is 0.0143. The van der Waals surface area contributed by atoms with Gasteiger partial charge in [-0.1, -0.05) is 72.8 Å². The number of amides is 2. The number of benzene rings is 3. The summed E-state index contributed by atoms with van der Waals surface area (Å²) < 4.78 is 14.6.